The SMILES string of the molecule is Nc1nc(-c2nn(CCCC(F)(F)F)c3ncccc23)nc2c1C(C(=O)NC1CC1)(C1CC1)C(=O)N2. The van der Waals surface area contributed by atoms with Crippen LogP contribution < -0.4 is 16.4 Å². The molecule has 2 saturated carbocycles. The van der Waals surface area contributed by atoms with Gasteiger partial charge in [0, 0.05) is 25.2 Å². The van der Waals surface area contributed by atoms with Gasteiger partial charge in [0.2, 0.25) is 11.8 Å². The van der Waals surface area contributed by atoms with E-state index in [1.165, 1.54) is 10.9 Å². The molecule has 2 aliphatic carbocycles. The smallest absolute Gasteiger partial charge is 0.383 e. The number of hydrogen-bond donors (Lipinski definition) is 3. The second-order valence-electron chi connectivity index (χ2n) is 9.61. The molecule has 2 fully saturated rings. The number of amides is 2. The molecule has 36 heavy (non-hydrogen) atoms. The molecule has 2 amide bonds. The highest BCUT2D eigenvalue weighted by Gasteiger charge is 2.63. The standard InChI is InChI=1S/C23H23F3N8O2/c24-22(25,26)8-2-10-34-19-13(3-1-9-28-19)15(33-34)18-30-16(27)14-17(31-18)32-21(36)23(14,11-4-5-11)20(35)29-12-6-7-12/h1,3,9,11-12H,2,4-8,10H2,(H,29,35)(H3,27,30,31,32,36). The Hall–Kier alpha value is -3.77. The zero-order valence-corrected chi connectivity index (χ0v) is 19.1. The van der Waals surface area contributed by atoms with Crippen LogP contribution in [0.1, 0.15) is 44.1 Å². The quantitative estimate of drug-likeness (QED) is 0.424. The minimum absolute atomic E-state index is 0.00366. The first-order valence-electron chi connectivity index (χ1n) is 11.9. The summed E-state index contributed by atoms with van der Waals surface area (Å²) < 4.78 is 39.4. The van der Waals surface area contributed by atoms with Crippen LogP contribution in [0.3, 0.4) is 0 Å². The molecule has 0 spiro atoms. The van der Waals surface area contributed by atoms with E-state index in [2.05, 4.69) is 30.7 Å². The summed E-state index contributed by atoms with van der Waals surface area (Å²) in [4.78, 5) is 39.8. The number of halogens is 3. The van der Waals surface area contributed by atoms with Gasteiger partial charge in [-0.05, 0) is 50.2 Å². The van der Waals surface area contributed by atoms with Crippen LogP contribution in [-0.2, 0) is 21.5 Å². The van der Waals surface area contributed by atoms with Crippen molar-refractivity contribution in [3.63, 3.8) is 0 Å². The van der Waals surface area contributed by atoms with Crippen molar-refractivity contribution in [3.05, 3.63) is 23.9 Å². The molecule has 3 aromatic heterocycles. The lowest BCUT2D eigenvalue weighted by molar-refractivity contribution is -0.137. The summed E-state index contributed by atoms with van der Waals surface area (Å²) in [5.74, 6) is -0.796. The number of hydrogen-bond acceptors (Lipinski definition) is 7. The Morgan fingerprint density at radius 1 is 1.25 bits per heavy atom. The Kier molecular flexibility index (Phi) is 4.96. The first kappa shape index (κ1) is 22.7. The van der Waals surface area contributed by atoms with Gasteiger partial charge in [-0.25, -0.2) is 19.6 Å². The second-order valence-corrected chi connectivity index (χ2v) is 9.61. The molecule has 4 heterocycles. The zero-order valence-electron chi connectivity index (χ0n) is 19.1. The lowest BCUT2D eigenvalue weighted by Crippen LogP contribution is -2.51. The Labute approximate surface area is 202 Å². The molecule has 0 radical (unpaired) electrons. The molecular formula is C23H23F3N8O2. The number of carbonyl (C=O) groups excluding carboxylic acids is 2. The molecule has 1 atom stereocenters. The average Bonchev–Trinajstić information content (AvgIpc) is 3.74. The summed E-state index contributed by atoms with van der Waals surface area (Å²) in [5, 5.41) is 10.7. The largest absolute Gasteiger partial charge is 0.389 e. The van der Waals surface area contributed by atoms with Crippen molar-refractivity contribution in [2.45, 2.75) is 62.7 Å². The highest BCUT2D eigenvalue weighted by atomic mass is 19.4. The minimum atomic E-state index is -4.27. The van der Waals surface area contributed by atoms with Crippen LogP contribution in [0.15, 0.2) is 18.3 Å². The molecule has 0 aromatic carbocycles. The van der Waals surface area contributed by atoms with Crippen molar-refractivity contribution in [3.8, 4) is 11.5 Å². The van der Waals surface area contributed by atoms with Crippen LogP contribution in [0.25, 0.3) is 22.6 Å². The molecule has 1 aliphatic heterocycles. The lowest BCUT2D eigenvalue weighted by atomic mass is 9.76. The third-order valence-electron chi connectivity index (χ3n) is 6.93. The predicted octanol–water partition coefficient (Wildman–Crippen LogP) is 2.69. The van der Waals surface area contributed by atoms with E-state index in [-0.39, 0.29) is 59.6 Å². The molecule has 0 saturated heterocycles. The fraction of sp³-hybridized carbons (Fsp3) is 0.478. The van der Waals surface area contributed by atoms with Crippen molar-refractivity contribution in [1.82, 2.24) is 30.0 Å². The number of nitrogens with one attached hydrogen (secondary N) is 2. The third kappa shape index (κ3) is 3.64. The molecule has 1 unspecified atom stereocenters. The number of nitrogens with two attached hydrogens (primary N) is 1. The fourth-order valence-corrected chi connectivity index (χ4v) is 4.98. The molecule has 6 rings (SSSR count). The number of aryl methyl sites for hydroxylation is 1. The van der Waals surface area contributed by atoms with Gasteiger partial charge in [0.05, 0.1) is 10.9 Å². The van der Waals surface area contributed by atoms with Crippen LogP contribution in [0, 0.1) is 5.92 Å². The molecule has 3 aromatic rings. The maximum Gasteiger partial charge on any atom is 0.389 e. The third-order valence-corrected chi connectivity index (χ3v) is 6.93. The Bertz CT molecular complexity index is 1400. The van der Waals surface area contributed by atoms with E-state index in [1.54, 1.807) is 12.1 Å². The topological polar surface area (TPSA) is 141 Å². The Balaban J connectivity index is 1.41. The van der Waals surface area contributed by atoms with E-state index in [9.17, 15) is 22.8 Å². The molecule has 188 valence electrons. The Morgan fingerprint density at radius 3 is 2.72 bits per heavy atom. The van der Waals surface area contributed by atoms with Crippen molar-refractivity contribution in [2.24, 2.45) is 5.92 Å². The van der Waals surface area contributed by atoms with Crippen LogP contribution >= 0.6 is 0 Å². The molecule has 3 aliphatic rings. The van der Waals surface area contributed by atoms with Crippen molar-refractivity contribution in [2.75, 3.05) is 11.1 Å². The van der Waals surface area contributed by atoms with Crippen LogP contribution in [0.5, 0.6) is 0 Å². The lowest BCUT2D eigenvalue weighted by Gasteiger charge is -2.26. The number of fused-ring (bicyclic) bond motifs is 2. The number of anilines is 2. The monoisotopic (exact) mass is 500 g/mol. The van der Waals surface area contributed by atoms with E-state index >= 15 is 0 Å². The van der Waals surface area contributed by atoms with E-state index in [4.69, 9.17) is 5.73 Å². The van der Waals surface area contributed by atoms with E-state index in [0.717, 1.165) is 12.8 Å². The first-order valence-corrected chi connectivity index (χ1v) is 11.9. The summed E-state index contributed by atoms with van der Waals surface area (Å²) >= 11 is 0. The molecule has 10 nitrogen and oxygen atoms in total. The van der Waals surface area contributed by atoms with Gasteiger partial charge in [-0.3, -0.25) is 9.59 Å². The zero-order chi connectivity index (χ0) is 25.2. The van der Waals surface area contributed by atoms with E-state index in [0.29, 0.717) is 23.9 Å². The average molecular weight is 500 g/mol. The van der Waals surface area contributed by atoms with Crippen molar-refractivity contribution >= 4 is 34.5 Å². The second kappa shape index (κ2) is 7.87. The van der Waals surface area contributed by atoms with Gasteiger partial charge in [-0.1, -0.05) is 0 Å². The molecular weight excluding hydrogens is 477 g/mol. The first-order chi connectivity index (χ1) is 17.2. The van der Waals surface area contributed by atoms with Gasteiger partial charge in [0.25, 0.3) is 0 Å². The maximum absolute atomic E-state index is 13.3. The highest BCUT2D eigenvalue weighted by molar-refractivity contribution is 6.22. The van der Waals surface area contributed by atoms with Crippen molar-refractivity contribution < 1.29 is 22.8 Å². The number of rotatable bonds is 7. The number of nitrogen functional groups attached to an aromatic ring is 1. The van der Waals surface area contributed by atoms with E-state index in [1.807, 2.05) is 0 Å². The normalized spacial score (nSPS) is 21.5. The number of alkyl halides is 3. The number of carbonyl (C=O) groups is 2. The number of aromatic nitrogens is 5. The summed E-state index contributed by atoms with van der Waals surface area (Å²) in [6.07, 6.45) is -0.688. The van der Waals surface area contributed by atoms with Crippen molar-refractivity contribution in [1.29, 1.82) is 0 Å². The minimum Gasteiger partial charge on any atom is -0.383 e. The van der Waals surface area contributed by atoms with Crippen LogP contribution in [0.4, 0.5) is 24.8 Å². The highest BCUT2D eigenvalue weighted by Crippen LogP contribution is 2.54. The van der Waals surface area contributed by atoms with Gasteiger partial charge in [0.1, 0.15) is 17.3 Å². The number of pyridine rings is 1. The predicted molar refractivity (Wildman–Crippen MR) is 122 cm³/mol. The van der Waals surface area contributed by atoms with Gasteiger partial charge in [-0.15, -0.1) is 0 Å². The molecule has 13 heteroatoms. The van der Waals surface area contributed by atoms with Crippen LogP contribution in [0.2, 0.25) is 0 Å². The summed E-state index contributed by atoms with van der Waals surface area (Å²) in [5.41, 5.74) is 5.85. The van der Waals surface area contributed by atoms with Gasteiger partial charge in [-0.2, -0.15) is 18.3 Å². The van der Waals surface area contributed by atoms with Gasteiger partial charge >= 0.3 is 6.18 Å². The van der Waals surface area contributed by atoms with Gasteiger partial charge in [0.15, 0.2) is 16.9 Å². The molecule has 0 bridgehead atoms. The molecule has 4 N–H and O–H groups in total. The van der Waals surface area contributed by atoms with Gasteiger partial charge < -0.3 is 16.4 Å². The van der Waals surface area contributed by atoms with E-state index < -0.39 is 23.9 Å². The number of nitrogens with zero attached hydrogens (tertiary/aromatic N) is 5. The summed E-state index contributed by atoms with van der Waals surface area (Å²) in [6.45, 7) is -0.00366. The summed E-state index contributed by atoms with van der Waals surface area (Å²) in [6, 6.07) is 3.45. The summed E-state index contributed by atoms with van der Waals surface area (Å²) in [7, 11) is 0. The maximum atomic E-state index is 13.3. The Morgan fingerprint density at radius 2 is 2.03 bits per heavy atom. The fourth-order valence-electron chi connectivity index (χ4n) is 4.98. The van der Waals surface area contributed by atoms with Crippen LogP contribution in [-0.4, -0.2) is 48.8 Å².